The number of hydrogen-bond acceptors (Lipinski definition) is 5. The molecule has 92 valence electrons. The number of esters is 1. The summed E-state index contributed by atoms with van der Waals surface area (Å²) in [6.45, 7) is 0. The van der Waals surface area contributed by atoms with Gasteiger partial charge >= 0.3 is 5.97 Å². The van der Waals surface area contributed by atoms with E-state index in [9.17, 15) is 4.79 Å². The van der Waals surface area contributed by atoms with Crippen LogP contribution in [0.4, 0.5) is 5.82 Å². The molecule has 1 heterocycles. The molecule has 2 rings (SSSR count). The van der Waals surface area contributed by atoms with E-state index in [2.05, 4.69) is 4.98 Å². The summed E-state index contributed by atoms with van der Waals surface area (Å²) in [5.74, 6) is 0.841. The van der Waals surface area contributed by atoms with Gasteiger partial charge in [-0.15, -0.1) is 0 Å². The van der Waals surface area contributed by atoms with E-state index in [1.54, 1.807) is 49.6 Å². The lowest BCUT2D eigenvalue weighted by Crippen LogP contribution is -2.11. The van der Waals surface area contributed by atoms with Crippen LogP contribution in [0.25, 0.3) is 0 Å². The van der Waals surface area contributed by atoms with Gasteiger partial charge < -0.3 is 15.2 Å². The number of rotatable bonds is 3. The number of carbonyl (C=O) groups is 1. The fourth-order valence-corrected chi connectivity index (χ4v) is 1.37. The molecule has 0 aliphatic carbocycles. The molecule has 5 nitrogen and oxygen atoms in total. The fourth-order valence-electron chi connectivity index (χ4n) is 1.37. The summed E-state index contributed by atoms with van der Waals surface area (Å²) in [5.41, 5.74) is 5.66. The Bertz CT molecular complexity index is 552. The molecule has 0 saturated heterocycles. The highest BCUT2D eigenvalue weighted by atomic mass is 16.5. The third-order valence-electron chi connectivity index (χ3n) is 2.25. The summed E-state index contributed by atoms with van der Waals surface area (Å²) in [6.07, 6.45) is 0. The first-order valence-corrected chi connectivity index (χ1v) is 5.28. The normalized spacial score (nSPS) is 9.83. The highest BCUT2D eigenvalue weighted by molar-refractivity contribution is 5.89. The minimum Gasteiger partial charge on any atom is -0.497 e. The first kappa shape index (κ1) is 11.9. The van der Waals surface area contributed by atoms with Gasteiger partial charge in [0, 0.05) is 0 Å². The van der Waals surface area contributed by atoms with Gasteiger partial charge in [-0.1, -0.05) is 6.07 Å². The molecule has 2 aromatic rings. The van der Waals surface area contributed by atoms with E-state index < -0.39 is 5.97 Å². The first-order valence-electron chi connectivity index (χ1n) is 5.28. The number of anilines is 1. The number of nitrogens with zero attached hydrogens (tertiary/aromatic N) is 1. The van der Waals surface area contributed by atoms with Gasteiger partial charge in [-0.25, -0.2) is 9.78 Å². The molecular weight excluding hydrogens is 232 g/mol. The van der Waals surface area contributed by atoms with Crippen molar-refractivity contribution in [3.05, 3.63) is 48.2 Å². The van der Waals surface area contributed by atoms with Crippen LogP contribution in [0, 0.1) is 0 Å². The molecule has 0 bridgehead atoms. The van der Waals surface area contributed by atoms with Gasteiger partial charge in [0.2, 0.25) is 0 Å². The molecule has 1 aromatic heterocycles. The number of ether oxygens (including phenoxy) is 2. The Morgan fingerprint density at radius 2 is 1.78 bits per heavy atom. The Balaban J connectivity index is 2.11. The van der Waals surface area contributed by atoms with Crippen molar-refractivity contribution >= 4 is 11.8 Å². The SMILES string of the molecule is COc1ccc(OC(=O)c2cccc(N)n2)cc1. The number of pyridine rings is 1. The second kappa shape index (κ2) is 5.18. The van der Waals surface area contributed by atoms with Gasteiger partial charge in [-0.05, 0) is 36.4 Å². The molecule has 0 fully saturated rings. The maximum atomic E-state index is 11.7. The van der Waals surface area contributed by atoms with Gasteiger partial charge in [-0.3, -0.25) is 0 Å². The fraction of sp³-hybridized carbons (Fsp3) is 0.0769. The monoisotopic (exact) mass is 244 g/mol. The molecular formula is C13H12N2O3. The van der Waals surface area contributed by atoms with Crippen LogP contribution in [0.5, 0.6) is 11.5 Å². The van der Waals surface area contributed by atoms with Crippen LogP contribution in [-0.2, 0) is 0 Å². The van der Waals surface area contributed by atoms with Crippen molar-refractivity contribution in [3.8, 4) is 11.5 Å². The van der Waals surface area contributed by atoms with Gasteiger partial charge in [0.05, 0.1) is 7.11 Å². The van der Waals surface area contributed by atoms with E-state index in [0.717, 1.165) is 0 Å². The highest BCUT2D eigenvalue weighted by Gasteiger charge is 2.10. The van der Waals surface area contributed by atoms with Gasteiger partial charge in [0.25, 0.3) is 0 Å². The van der Waals surface area contributed by atoms with E-state index in [1.807, 2.05) is 0 Å². The number of nitrogen functional groups attached to an aromatic ring is 1. The maximum absolute atomic E-state index is 11.7. The number of carbonyl (C=O) groups excluding carboxylic acids is 1. The van der Waals surface area contributed by atoms with Crippen molar-refractivity contribution in [2.75, 3.05) is 12.8 Å². The number of hydrogen-bond donors (Lipinski definition) is 1. The van der Waals surface area contributed by atoms with Crippen LogP contribution in [0.15, 0.2) is 42.5 Å². The maximum Gasteiger partial charge on any atom is 0.362 e. The van der Waals surface area contributed by atoms with Crippen LogP contribution in [0.1, 0.15) is 10.5 Å². The average Bonchev–Trinajstić information content (AvgIpc) is 2.39. The molecule has 1 aromatic carbocycles. The summed E-state index contributed by atoms with van der Waals surface area (Å²) >= 11 is 0. The molecule has 0 atom stereocenters. The van der Waals surface area contributed by atoms with Crippen molar-refractivity contribution in [2.24, 2.45) is 0 Å². The lowest BCUT2D eigenvalue weighted by atomic mass is 10.3. The van der Waals surface area contributed by atoms with Crippen molar-refractivity contribution in [1.82, 2.24) is 4.98 Å². The van der Waals surface area contributed by atoms with Crippen molar-refractivity contribution in [2.45, 2.75) is 0 Å². The van der Waals surface area contributed by atoms with E-state index in [0.29, 0.717) is 11.5 Å². The number of nitrogens with two attached hydrogens (primary N) is 1. The zero-order valence-corrected chi connectivity index (χ0v) is 9.79. The quantitative estimate of drug-likeness (QED) is 0.659. The third kappa shape index (κ3) is 2.76. The second-order valence-corrected chi connectivity index (χ2v) is 3.51. The smallest absolute Gasteiger partial charge is 0.362 e. The predicted octanol–water partition coefficient (Wildman–Crippen LogP) is 1.89. The number of benzene rings is 1. The standard InChI is InChI=1S/C13H12N2O3/c1-17-9-5-7-10(8-6-9)18-13(16)11-3-2-4-12(14)15-11/h2-8H,1H3,(H2,14,15). The summed E-state index contributed by atoms with van der Waals surface area (Å²) < 4.78 is 10.1. The van der Waals surface area contributed by atoms with Crippen LogP contribution < -0.4 is 15.2 Å². The molecule has 18 heavy (non-hydrogen) atoms. The highest BCUT2D eigenvalue weighted by Crippen LogP contribution is 2.18. The predicted molar refractivity (Wildman–Crippen MR) is 66.6 cm³/mol. The molecule has 0 unspecified atom stereocenters. The molecule has 2 N–H and O–H groups in total. The van der Waals surface area contributed by atoms with Crippen LogP contribution in [0.2, 0.25) is 0 Å². The minimum atomic E-state index is -0.549. The number of aromatic nitrogens is 1. The van der Waals surface area contributed by atoms with Crippen molar-refractivity contribution < 1.29 is 14.3 Å². The third-order valence-corrected chi connectivity index (χ3v) is 2.25. The summed E-state index contributed by atoms with van der Waals surface area (Å²) in [5, 5.41) is 0. The molecule has 0 radical (unpaired) electrons. The Morgan fingerprint density at radius 1 is 1.11 bits per heavy atom. The summed E-state index contributed by atoms with van der Waals surface area (Å²) in [4.78, 5) is 15.6. The van der Waals surface area contributed by atoms with Crippen LogP contribution >= 0.6 is 0 Å². The molecule has 5 heteroatoms. The van der Waals surface area contributed by atoms with Crippen LogP contribution in [0.3, 0.4) is 0 Å². The second-order valence-electron chi connectivity index (χ2n) is 3.51. The molecule has 0 amide bonds. The minimum absolute atomic E-state index is 0.172. The lowest BCUT2D eigenvalue weighted by molar-refractivity contribution is 0.0728. The summed E-state index contributed by atoms with van der Waals surface area (Å²) in [6, 6.07) is 11.5. The zero-order valence-electron chi connectivity index (χ0n) is 9.79. The van der Waals surface area contributed by atoms with E-state index in [4.69, 9.17) is 15.2 Å². The van der Waals surface area contributed by atoms with E-state index >= 15 is 0 Å². The van der Waals surface area contributed by atoms with E-state index in [1.165, 1.54) is 0 Å². The molecule has 0 saturated carbocycles. The Labute approximate surface area is 104 Å². The largest absolute Gasteiger partial charge is 0.497 e. The molecule has 0 spiro atoms. The Kier molecular flexibility index (Phi) is 3.43. The Morgan fingerprint density at radius 3 is 2.39 bits per heavy atom. The van der Waals surface area contributed by atoms with Gasteiger partial charge in [-0.2, -0.15) is 0 Å². The van der Waals surface area contributed by atoms with Gasteiger partial charge in [0.1, 0.15) is 17.3 Å². The first-order chi connectivity index (χ1) is 8.69. The van der Waals surface area contributed by atoms with Crippen LogP contribution in [-0.4, -0.2) is 18.1 Å². The molecule has 0 aliphatic heterocycles. The van der Waals surface area contributed by atoms with Crippen molar-refractivity contribution in [3.63, 3.8) is 0 Å². The van der Waals surface area contributed by atoms with Gasteiger partial charge in [0.15, 0.2) is 5.69 Å². The van der Waals surface area contributed by atoms with E-state index in [-0.39, 0.29) is 11.5 Å². The number of methoxy groups -OCH3 is 1. The molecule has 0 aliphatic rings. The lowest BCUT2D eigenvalue weighted by Gasteiger charge is -2.05. The van der Waals surface area contributed by atoms with Crippen molar-refractivity contribution in [1.29, 1.82) is 0 Å². The zero-order chi connectivity index (χ0) is 13.0. The summed E-state index contributed by atoms with van der Waals surface area (Å²) in [7, 11) is 1.57. The topological polar surface area (TPSA) is 74.4 Å². The average molecular weight is 244 g/mol. The Hall–Kier alpha value is -2.56.